The molecule has 0 radical (unpaired) electrons. The molecule has 1 atom stereocenters. The summed E-state index contributed by atoms with van der Waals surface area (Å²) in [6.45, 7) is 1.39. The van der Waals surface area contributed by atoms with Gasteiger partial charge in [-0.2, -0.15) is 0 Å². The summed E-state index contributed by atoms with van der Waals surface area (Å²) in [5.41, 5.74) is 2.73. The number of nitrogens with one attached hydrogen (secondary N) is 2. The molecule has 0 bridgehead atoms. The van der Waals surface area contributed by atoms with E-state index in [2.05, 4.69) is 28.8 Å². The van der Waals surface area contributed by atoms with Gasteiger partial charge in [0, 0.05) is 19.1 Å². The van der Waals surface area contributed by atoms with Gasteiger partial charge in [-0.3, -0.25) is 0 Å². The van der Waals surface area contributed by atoms with E-state index in [9.17, 15) is 4.79 Å². The molecule has 0 aromatic heterocycles. The minimum atomic E-state index is -0.948. The molecule has 16 heavy (non-hydrogen) atoms. The second-order valence-electron chi connectivity index (χ2n) is 4.07. The van der Waals surface area contributed by atoms with Gasteiger partial charge in [-0.05, 0) is 24.0 Å². The zero-order valence-corrected chi connectivity index (χ0v) is 9.07. The topological polar surface area (TPSA) is 61.4 Å². The van der Waals surface area contributed by atoms with E-state index in [1.807, 2.05) is 6.07 Å². The van der Waals surface area contributed by atoms with Crippen LogP contribution in [-0.4, -0.2) is 23.8 Å². The molecule has 0 saturated heterocycles. The highest BCUT2D eigenvalue weighted by molar-refractivity contribution is 5.64. The van der Waals surface area contributed by atoms with Crippen molar-refractivity contribution in [3.63, 3.8) is 0 Å². The fraction of sp³-hybridized carbons (Fsp3) is 0.417. The van der Waals surface area contributed by atoms with Crippen LogP contribution in [0.25, 0.3) is 0 Å². The van der Waals surface area contributed by atoms with Crippen molar-refractivity contribution in [3.8, 4) is 0 Å². The standard InChI is InChI=1S/C12H16N2O2/c15-12(16)13-6-5-11-7-9-3-1-2-4-10(9)8-14-11/h1-4,11,13-14H,5-8H2,(H,15,16)/t11-/m1/s1. The van der Waals surface area contributed by atoms with Crippen LogP contribution in [0, 0.1) is 0 Å². The highest BCUT2D eigenvalue weighted by Crippen LogP contribution is 2.17. The maximum atomic E-state index is 10.3. The first-order valence-corrected chi connectivity index (χ1v) is 5.52. The molecule has 0 saturated carbocycles. The lowest BCUT2D eigenvalue weighted by Gasteiger charge is -2.26. The average molecular weight is 220 g/mol. The zero-order valence-electron chi connectivity index (χ0n) is 9.07. The maximum absolute atomic E-state index is 10.3. The summed E-state index contributed by atoms with van der Waals surface area (Å²) in [7, 11) is 0. The van der Waals surface area contributed by atoms with Crippen LogP contribution in [-0.2, 0) is 13.0 Å². The number of hydrogen-bond acceptors (Lipinski definition) is 2. The average Bonchev–Trinajstić information content (AvgIpc) is 2.28. The molecule has 4 heteroatoms. The quantitative estimate of drug-likeness (QED) is 0.720. The number of benzene rings is 1. The van der Waals surface area contributed by atoms with Crippen molar-refractivity contribution < 1.29 is 9.90 Å². The van der Waals surface area contributed by atoms with Gasteiger partial charge in [0.25, 0.3) is 0 Å². The highest BCUT2D eigenvalue weighted by atomic mass is 16.4. The fourth-order valence-corrected chi connectivity index (χ4v) is 2.08. The largest absolute Gasteiger partial charge is 0.465 e. The van der Waals surface area contributed by atoms with Gasteiger partial charge in [0.05, 0.1) is 0 Å². The molecule has 1 amide bonds. The van der Waals surface area contributed by atoms with Crippen molar-refractivity contribution in [1.82, 2.24) is 10.6 Å². The first kappa shape index (κ1) is 11.0. The van der Waals surface area contributed by atoms with Crippen LogP contribution in [0.4, 0.5) is 4.79 Å². The van der Waals surface area contributed by atoms with E-state index in [4.69, 9.17) is 5.11 Å². The molecule has 1 heterocycles. The lowest BCUT2D eigenvalue weighted by atomic mass is 9.94. The predicted octanol–water partition coefficient (Wildman–Crippen LogP) is 1.36. The van der Waals surface area contributed by atoms with Crippen LogP contribution in [0.5, 0.6) is 0 Å². The molecule has 4 nitrogen and oxygen atoms in total. The summed E-state index contributed by atoms with van der Waals surface area (Å²) in [6, 6.07) is 8.76. The second-order valence-corrected chi connectivity index (χ2v) is 4.07. The van der Waals surface area contributed by atoms with E-state index in [0.29, 0.717) is 12.6 Å². The van der Waals surface area contributed by atoms with Crippen molar-refractivity contribution in [1.29, 1.82) is 0 Å². The van der Waals surface area contributed by atoms with E-state index in [1.54, 1.807) is 0 Å². The molecule has 1 aliphatic rings. The molecule has 1 aromatic rings. The Morgan fingerprint density at radius 3 is 2.94 bits per heavy atom. The monoisotopic (exact) mass is 220 g/mol. The van der Waals surface area contributed by atoms with Gasteiger partial charge < -0.3 is 15.7 Å². The van der Waals surface area contributed by atoms with Gasteiger partial charge >= 0.3 is 6.09 Å². The smallest absolute Gasteiger partial charge is 0.404 e. The molecule has 2 rings (SSSR count). The minimum absolute atomic E-state index is 0.377. The van der Waals surface area contributed by atoms with Gasteiger partial charge in [0.15, 0.2) is 0 Å². The minimum Gasteiger partial charge on any atom is -0.465 e. The molecule has 0 aliphatic carbocycles. The summed E-state index contributed by atoms with van der Waals surface area (Å²) < 4.78 is 0. The van der Waals surface area contributed by atoms with Crippen LogP contribution >= 0.6 is 0 Å². The van der Waals surface area contributed by atoms with Gasteiger partial charge in [-0.25, -0.2) is 4.79 Å². The summed E-state index contributed by atoms with van der Waals surface area (Å²) in [6.07, 6.45) is 0.870. The van der Waals surface area contributed by atoms with Crippen molar-refractivity contribution in [3.05, 3.63) is 35.4 Å². The zero-order chi connectivity index (χ0) is 11.4. The van der Waals surface area contributed by atoms with Gasteiger partial charge in [0.1, 0.15) is 0 Å². The Bertz CT molecular complexity index is 379. The Morgan fingerprint density at radius 2 is 2.19 bits per heavy atom. The van der Waals surface area contributed by atoms with Crippen molar-refractivity contribution in [2.45, 2.75) is 25.4 Å². The first-order chi connectivity index (χ1) is 7.75. The SMILES string of the molecule is O=C(O)NCC[C@@H]1Cc2ccccc2CN1. The first-order valence-electron chi connectivity index (χ1n) is 5.52. The van der Waals surface area contributed by atoms with Crippen molar-refractivity contribution in [2.24, 2.45) is 0 Å². The lowest BCUT2D eigenvalue weighted by molar-refractivity contribution is 0.194. The molecule has 1 aromatic carbocycles. The molecular formula is C12H16N2O2. The molecule has 0 fully saturated rings. The van der Waals surface area contributed by atoms with E-state index < -0.39 is 6.09 Å². The lowest BCUT2D eigenvalue weighted by Crippen LogP contribution is -2.38. The summed E-state index contributed by atoms with van der Waals surface area (Å²) in [5.74, 6) is 0. The van der Waals surface area contributed by atoms with Crippen LogP contribution < -0.4 is 10.6 Å². The Balaban J connectivity index is 1.86. The number of amides is 1. The summed E-state index contributed by atoms with van der Waals surface area (Å²) >= 11 is 0. The number of carboxylic acid groups (broad SMARTS) is 1. The van der Waals surface area contributed by atoms with Crippen molar-refractivity contribution in [2.75, 3.05) is 6.54 Å². The third kappa shape index (κ3) is 2.73. The number of fused-ring (bicyclic) bond motifs is 1. The number of hydrogen-bond donors (Lipinski definition) is 3. The third-order valence-corrected chi connectivity index (χ3v) is 2.93. The van der Waals surface area contributed by atoms with Gasteiger partial charge in [-0.1, -0.05) is 24.3 Å². The van der Waals surface area contributed by atoms with E-state index in [0.717, 1.165) is 19.4 Å². The van der Waals surface area contributed by atoms with Crippen LogP contribution in [0.1, 0.15) is 17.5 Å². The normalized spacial score (nSPS) is 18.9. The Kier molecular flexibility index (Phi) is 3.41. The summed E-state index contributed by atoms with van der Waals surface area (Å²) in [4.78, 5) is 10.3. The maximum Gasteiger partial charge on any atom is 0.404 e. The molecule has 1 aliphatic heterocycles. The predicted molar refractivity (Wildman–Crippen MR) is 61.4 cm³/mol. The van der Waals surface area contributed by atoms with E-state index in [1.165, 1.54) is 11.1 Å². The molecule has 0 unspecified atom stereocenters. The fourth-order valence-electron chi connectivity index (χ4n) is 2.08. The van der Waals surface area contributed by atoms with Crippen LogP contribution in [0.15, 0.2) is 24.3 Å². The highest BCUT2D eigenvalue weighted by Gasteiger charge is 2.16. The Hall–Kier alpha value is -1.55. The molecule has 3 N–H and O–H groups in total. The molecule has 86 valence electrons. The van der Waals surface area contributed by atoms with Crippen LogP contribution in [0.3, 0.4) is 0 Å². The van der Waals surface area contributed by atoms with E-state index >= 15 is 0 Å². The molecular weight excluding hydrogens is 204 g/mol. The van der Waals surface area contributed by atoms with Gasteiger partial charge in [-0.15, -0.1) is 0 Å². The number of carbonyl (C=O) groups is 1. The van der Waals surface area contributed by atoms with E-state index in [-0.39, 0.29) is 0 Å². The Morgan fingerprint density at radius 1 is 1.44 bits per heavy atom. The third-order valence-electron chi connectivity index (χ3n) is 2.93. The number of rotatable bonds is 3. The summed E-state index contributed by atoms with van der Waals surface area (Å²) in [5, 5.41) is 14.3. The van der Waals surface area contributed by atoms with Crippen LogP contribution in [0.2, 0.25) is 0 Å². The molecule has 0 spiro atoms. The van der Waals surface area contributed by atoms with Crippen molar-refractivity contribution >= 4 is 6.09 Å². The van der Waals surface area contributed by atoms with Gasteiger partial charge in [0.2, 0.25) is 0 Å². The Labute approximate surface area is 94.7 Å². The second kappa shape index (κ2) is 4.99.